The number of aryl methyl sites for hydroxylation is 2. The summed E-state index contributed by atoms with van der Waals surface area (Å²) in [5, 5.41) is 8.39. The van der Waals surface area contributed by atoms with Crippen LogP contribution in [0.25, 0.3) is 28.3 Å². The van der Waals surface area contributed by atoms with Gasteiger partial charge in [0.05, 0.1) is 0 Å². The van der Waals surface area contributed by atoms with Crippen LogP contribution < -0.4 is 5.32 Å². The molecule has 150 valence electrons. The van der Waals surface area contributed by atoms with E-state index in [1.54, 1.807) is 6.20 Å². The van der Waals surface area contributed by atoms with Crippen molar-refractivity contribution in [3.05, 3.63) is 48.7 Å². The lowest BCUT2D eigenvalue weighted by Gasteiger charge is -2.27. The Hall–Kier alpha value is -3.22. The SMILES string of the molecule is CC.Cc1c(-c2ccncc2)cn2nc(-c3nccn3C)nc(NC3CCC3)c12. The molecule has 0 aromatic carbocycles. The number of nitrogens with one attached hydrogen (secondary N) is 1. The molecule has 1 N–H and O–H groups in total. The fourth-order valence-electron chi connectivity index (χ4n) is 3.58. The van der Waals surface area contributed by atoms with Crippen LogP contribution in [0.2, 0.25) is 0 Å². The lowest BCUT2D eigenvalue weighted by Crippen LogP contribution is -2.28. The van der Waals surface area contributed by atoms with E-state index in [1.165, 1.54) is 19.3 Å². The van der Waals surface area contributed by atoms with E-state index in [0.717, 1.165) is 33.8 Å². The second-order valence-electron chi connectivity index (χ2n) is 7.11. The van der Waals surface area contributed by atoms with E-state index in [1.807, 2.05) is 60.7 Å². The Morgan fingerprint density at radius 2 is 1.86 bits per heavy atom. The van der Waals surface area contributed by atoms with E-state index >= 15 is 0 Å². The lowest BCUT2D eigenvalue weighted by atomic mass is 9.93. The Morgan fingerprint density at radius 3 is 2.48 bits per heavy atom. The summed E-state index contributed by atoms with van der Waals surface area (Å²) in [6.45, 7) is 6.13. The first-order valence-electron chi connectivity index (χ1n) is 10.3. The third-order valence-electron chi connectivity index (χ3n) is 5.34. The van der Waals surface area contributed by atoms with Crippen LogP contribution in [-0.4, -0.2) is 35.2 Å². The lowest BCUT2D eigenvalue weighted by molar-refractivity contribution is 0.444. The van der Waals surface area contributed by atoms with Crippen LogP contribution in [0.5, 0.6) is 0 Å². The topological polar surface area (TPSA) is 72.9 Å². The molecule has 4 aromatic rings. The molecule has 0 radical (unpaired) electrons. The Balaban J connectivity index is 0.000000994. The predicted octanol–water partition coefficient (Wildman–Crippen LogP) is 4.49. The van der Waals surface area contributed by atoms with Crippen LogP contribution in [0.3, 0.4) is 0 Å². The van der Waals surface area contributed by atoms with Gasteiger partial charge >= 0.3 is 0 Å². The Morgan fingerprint density at radius 1 is 1.10 bits per heavy atom. The van der Waals surface area contributed by atoms with Gasteiger partial charge in [-0.15, -0.1) is 5.10 Å². The van der Waals surface area contributed by atoms with Gasteiger partial charge < -0.3 is 9.88 Å². The van der Waals surface area contributed by atoms with Gasteiger partial charge in [0, 0.05) is 49.6 Å². The van der Waals surface area contributed by atoms with Crippen LogP contribution in [0.15, 0.2) is 43.1 Å². The van der Waals surface area contributed by atoms with E-state index in [2.05, 4.69) is 28.4 Å². The average Bonchev–Trinajstić information content (AvgIpc) is 3.30. The first-order valence-corrected chi connectivity index (χ1v) is 10.3. The minimum absolute atomic E-state index is 0.483. The Bertz CT molecular complexity index is 1110. The van der Waals surface area contributed by atoms with Gasteiger partial charge in [0.15, 0.2) is 11.6 Å². The molecule has 7 heteroatoms. The van der Waals surface area contributed by atoms with Crippen molar-refractivity contribution in [1.82, 2.24) is 29.1 Å². The van der Waals surface area contributed by atoms with Crippen molar-refractivity contribution in [2.75, 3.05) is 5.32 Å². The molecule has 0 spiro atoms. The molecule has 1 aliphatic carbocycles. The number of aromatic nitrogens is 6. The molecule has 0 unspecified atom stereocenters. The molecule has 4 aromatic heterocycles. The maximum Gasteiger partial charge on any atom is 0.218 e. The summed E-state index contributed by atoms with van der Waals surface area (Å²) in [5.41, 5.74) is 4.45. The number of fused-ring (bicyclic) bond motifs is 1. The third kappa shape index (κ3) is 3.48. The first kappa shape index (κ1) is 19.1. The molecule has 7 nitrogen and oxygen atoms in total. The average molecular weight is 390 g/mol. The summed E-state index contributed by atoms with van der Waals surface area (Å²) in [6.07, 6.45) is 13.0. The Labute approximate surface area is 170 Å². The fourth-order valence-corrected chi connectivity index (χ4v) is 3.58. The van der Waals surface area contributed by atoms with Crippen molar-refractivity contribution >= 4 is 11.3 Å². The van der Waals surface area contributed by atoms with Crippen molar-refractivity contribution in [2.24, 2.45) is 7.05 Å². The zero-order valence-corrected chi connectivity index (χ0v) is 17.4. The van der Waals surface area contributed by atoms with E-state index in [4.69, 9.17) is 10.1 Å². The van der Waals surface area contributed by atoms with E-state index < -0.39 is 0 Å². The summed E-state index contributed by atoms with van der Waals surface area (Å²) >= 11 is 0. The van der Waals surface area contributed by atoms with Crippen LogP contribution >= 0.6 is 0 Å². The Kier molecular flexibility index (Phi) is 5.29. The van der Waals surface area contributed by atoms with E-state index in [9.17, 15) is 0 Å². The van der Waals surface area contributed by atoms with Crippen molar-refractivity contribution in [2.45, 2.75) is 46.1 Å². The highest BCUT2D eigenvalue weighted by molar-refractivity contribution is 5.83. The molecular formula is C22H27N7. The number of rotatable bonds is 4. The molecule has 0 atom stereocenters. The molecule has 0 bridgehead atoms. The van der Waals surface area contributed by atoms with Gasteiger partial charge in [-0.05, 0) is 49.4 Å². The standard InChI is InChI=1S/C20H21N7.C2H6/c1-13-16(14-6-8-21-9-7-14)12-27-17(13)18(23-15-4-3-5-15)24-19(25-27)20-22-10-11-26(20)2;1-2/h6-12,15H,3-5H2,1-2H3,(H,23,24,25);1-2H3. The minimum atomic E-state index is 0.483. The van der Waals surface area contributed by atoms with Gasteiger partial charge in [-0.3, -0.25) is 4.98 Å². The summed E-state index contributed by atoms with van der Waals surface area (Å²) in [5.74, 6) is 2.25. The molecule has 1 saturated carbocycles. The van der Waals surface area contributed by atoms with Crippen molar-refractivity contribution in [3.63, 3.8) is 0 Å². The highest BCUT2D eigenvalue weighted by atomic mass is 15.3. The molecule has 0 saturated heterocycles. The number of imidazole rings is 1. The normalized spacial score (nSPS) is 13.7. The van der Waals surface area contributed by atoms with E-state index in [-0.39, 0.29) is 0 Å². The van der Waals surface area contributed by atoms with Crippen molar-refractivity contribution in [3.8, 4) is 22.8 Å². The zero-order chi connectivity index (χ0) is 20.4. The van der Waals surface area contributed by atoms with Gasteiger partial charge in [-0.1, -0.05) is 13.8 Å². The predicted molar refractivity (Wildman–Crippen MR) is 116 cm³/mol. The maximum atomic E-state index is 4.86. The second kappa shape index (κ2) is 8.03. The largest absolute Gasteiger partial charge is 0.365 e. The first-order chi connectivity index (χ1) is 14.2. The van der Waals surface area contributed by atoms with Gasteiger partial charge in [-0.2, -0.15) is 0 Å². The number of hydrogen-bond donors (Lipinski definition) is 1. The quantitative estimate of drug-likeness (QED) is 0.557. The van der Waals surface area contributed by atoms with Crippen LogP contribution in [0.1, 0.15) is 38.7 Å². The number of pyridine rings is 1. The molecule has 4 heterocycles. The smallest absolute Gasteiger partial charge is 0.218 e. The highest BCUT2D eigenvalue weighted by Gasteiger charge is 2.23. The number of hydrogen-bond acceptors (Lipinski definition) is 5. The highest BCUT2D eigenvalue weighted by Crippen LogP contribution is 2.33. The van der Waals surface area contributed by atoms with Crippen molar-refractivity contribution in [1.29, 1.82) is 0 Å². The van der Waals surface area contributed by atoms with Gasteiger partial charge in [0.1, 0.15) is 5.52 Å². The van der Waals surface area contributed by atoms with Gasteiger partial charge in [0.2, 0.25) is 5.82 Å². The number of nitrogens with zero attached hydrogens (tertiary/aromatic N) is 6. The van der Waals surface area contributed by atoms with E-state index in [0.29, 0.717) is 11.9 Å². The molecule has 1 fully saturated rings. The maximum absolute atomic E-state index is 4.86. The van der Waals surface area contributed by atoms with Crippen LogP contribution in [-0.2, 0) is 7.05 Å². The summed E-state index contributed by atoms with van der Waals surface area (Å²) in [6, 6.07) is 4.53. The minimum Gasteiger partial charge on any atom is -0.365 e. The van der Waals surface area contributed by atoms with Gasteiger partial charge in [-0.25, -0.2) is 14.5 Å². The summed E-state index contributed by atoms with van der Waals surface area (Å²) in [4.78, 5) is 13.4. The molecule has 1 aliphatic rings. The zero-order valence-electron chi connectivity index (χ0n) is 17.4. The van der Waals surface area contributed by atoms with Gasteiger partial charge in [0.25, 0.3) is 0 Å². The second-order valence-corrected chi connectivity index (χ2v) is 7.11. The summed E-state index contributed by atoms with van der Waals surface area (Å²) in [7, 11) is 1.96. The fraction of sp³-hybridized carbons (Fsp3) is 0.364. The molecule has 0 aliphatic heterocycles. The molecular weight excluding hydrogens is 362 g/mol. The molecule has 0 amide bonds. The molecule has 5 rings (SSSR count). The molecule has 29 heavy (non-hydrogen) atoms. The van der Waals surface area contributed by atoms with Crippen LogP contribution in [0, 0.1) is 6.92 Å². The van der Waals surface area contributed by atoms with Crippen molar-refractivity contribution < 1.29 is 0 Å². The van der Waals surface area contributed by atoms with Crippen LogP contribution in [0.4, 0.5) is 5.82 Å². The third-order valence-corrected chi connectivity index (χ3v) is 5.34. The summed E-state index contributed by atoms with van der Waals surface area (Å²) < 4.78 is 3.87. The number of anilines is 1. The monoisotopic (exact) mass is 389 g/mol.